The molecule has 7 nitrogen and oxygen atoms in total. The minimum atomic E-state index is -4.22. The van der Waals surface area contributed by atoms with E-state index >= 15 is 0 Å². The number of fused-ring (bicyclic) bond motifs is 1. The summed E-state index contributed by atoms with van der Waals surface area (Å²) in [5.74, 6) is -2.15. The summed E-state index contributed by atoms with van der Waals surface area (Å²) in [6.07, 6.45) is 0.383. The van der Waals surface area contributed by atoms with E-state index in [1.54, 1.807) is 24.3 Å². The second-order valence-corrected chi connectivity index (χ2v) is 10.6. The van der Waals surface area contributed by atoms with E-state index in [4.69, 9.17) is 11.6 Å². The zero-order chi connectivity index (χ0) is 25.3. The van der Waals surface area contributed by atoms with Crippen LogP contribution < -0.4 is 9.62 Å². The number of benzene rings is 3. The molecule has 0 aliphatic carbocycles. The van der Waals surface area contributed by atoms with Gasteiger partial charge in [0.25, 0.3) is 15.9 Å². The van der Waals surface area contributed by atoms with Crippen LogP contribution in [0.25, 0.3) is 0 Å². The Morgan fingerprint density at radius 2 is 1.83 bits per heavy atom. The smallest absolute Gasteiger partial charge is 0.270 e. The van der Waals surface area contributed by atoms with Gasteiger partial charge in [-0.15, -0.1) is 0 Å². The summed E-state index contributed by atoms with van der Waals surface area (Å²) in [7, 11) is -0.480. The van der Waals surface area contributed by atoms with Gasteiger partial charge in [0, 0.05) is 18.7 Å². The second-order valence-electron chi connectivity index (χ2n) is 8.44. The summed E-state index contributed by atoms with van der Waals surface area (Å²) in [4.78, 5) is 27.4. The lowest BCUT2D eigenvalue weighted by molar-refractivity contribution is -0.117. The van der Waals surface area contributed by atoms with Gasteiger partial charge in [-0.3, -0.25) is 9.59 Å². The number of halogens is 2. The number of sulfonamides is 1. The standard InChI is InChI=1S/C25H23ClFN3O4S/c1-29(2)15-16-5-3-6-19(13-16)35(33,34)30-22-14-18(11-9-17(22)10-12-23(30)31)28-25(32)24-20(26)7-4-8-21(24)27/h3-9,11,13-14H,10,12,15H2,1-2H3,(H,28,32). The van der Waals surface area contributed by atoms with Crippen LogP contribution in [-0.4, -0.2) is 39.2 Å². The van der Waals surface area contributed by atoms with E-state index in [0.717, 1.165) is 15.9 Å². The number of hydrogen-bond acceptors (Lipinski definition) is 5. The Hall–Kier alpha value is -3.27. The molecule has 3 aromatic rings. The van der Waals surface area contributed by atoms with E-state index in [9.17, 15) is 22.4 Å². The zero-order valence-electron chi connectivity index (χ0n) is 19.1. The molecule has 0 aromatic heterocycles. The van der Waals surface area contributed by atoms with Crippen LogP contribution in [0.2, 0.25) is 5.02 Å². The molecule has 0 fully saturated rings. The van der Waals surface area contributed by atoms with Gasteiger partial charge in [-0.2, -0.15) is 0 Å². The molecule has 0 saturated heterocycles. The van der Waals surface area contributed by atoms with Crippen LogP contribution in [0.1, 0.15) is 27.9 Å². The van der Waals surface area contributed by atoms with Crippen LogP contribution in [0.4, 0.5) is 15.8 Å². The molecule has 1 aliphatic rings. The van der Waals surface area contributed by atoms with Crippen LogP contribution in [0, 0.1) is 5.82 Å². The van der Waals surface area contributed by atoms with E-state index in [1.165, 1.54) is 24.3 Å². The molecule has 35 heavy (non-hydrogen) atoms. The van der Waals surface area contributed by atoms with Crippen molar-refractivity contribution in [2.75, 3.05) is 23.7 Å². The first kappa shape index (κ1) is 24.8. The molecule has 0 bridgehead atoms. The Bertz CT molecular complexity index is 1410. The molecule has 0 spiro atoms. The first-order valence-corrected chi connectivity index (χ1v) is 12.6. The molecule has 2 amide bonds. The van der Waals surface area contributed by atoms with Crippen molar-refractivity contribution in [3.8, 4) is 0 Å². The molecule has 10 heteroatoms. The van der Waals surface area contributed by atoms with Crippen LogP contribution in [0.5, 0.6) is 0 Å². The van der Waals surface area contributed by atoms with Crippen molar-refractivity contribution in [1.29, 1.82) is 0 Å². The Balaban J connectivity index is 1.71. The van der Waals surface area contributed by atoms with Crippen molar-refractivity contribution < 1.29 is 22.4 Å². The summed E-state index contributed by atoms with van der Waals surface area (Å²) < 4.78 is 42.1. The first-order valence-electron chi connectivity index (χ1n) is 10.8. The van der Waals surface area contributed by atoms with Crippen LogP contribution >= 0.6 is 11.6 Å². The van der Waals surface area contributed by atoms with Gasteiger partial charge >= 0.3 is 0 Å². The zero-order valence-corrected chi connectivity index (χ0v) is 20.7. The molecule has 0 unspecified atom stereocenters. The molecule has 1 aliphatic heterocycles. The molecule has 182 valence electrons. The van der Waals surface area contributed by atoms with E-state index < -0.39 is 27.7 Å². The number of anilines is 2. The number of carbonyl (C=O) groups excluding carboxylic acids is 2. The minimum Gasteiger partial charge on any atom is -0.322 e. The largest absolute Gasteiger partial charge is 0.322 e. The average molecular weight is 516 g/mol. The third-order valence-corrected chi connectivity index (χ3v) is 7.57. The molecule has 3 aromatic carbocycles. The monoisotopic (exact) mass is 515 g/mol. The first-order chi connectivity index (χ1) is 16.6. The summed E-state index contributed by atoms with van der Waals surface area (Å²) >= 11 is 5.98. The third kappa shape index (κ3) is 5.07. The fraction of sp³-hybridized carbons (Fsp3) is 0.200. The van der Waals surface area contributed by atoms with Gasteiger partial charge < -0.3 is 10.2 Å². The fourth-order valence-electron chi connectivity index (χ4n) is 3.97. The van der Waals surface area contributed by atoms with Gasteiger partial charge in [-0.1, -0.05) is 35.9 Å². The second kappa shape index (κ2) is 9.77. The van der Waals surface area contributed by atoms with Crippen molar-refractivity contribution in [3.05, 3.63) is 88.2 Å². The predicted octanol–water partition coefficient (Wildman–Crippen LogP) is 4.46. The summed E-state index contributed by atoms with van der Waals surface area (Å²) in [6.45, 7) is 0.530. The minimum absolute atomic E-state index is 0.00868. The number of rotatable bonds is 6. The lowest BCUT2D eigenvalue weighted by atomic mass is 10.0. The van der Waals surface area contributed by atoms with Crippen molar-refractivity contribution >= 4 is 44.8 Å². The van der Waals surface area contributed by atoms with Gasteiger partial charge in [0.2, 0.25) is 5.91 Å². The SMILES string of the molecule is CN(C)Cc1cccc(S(=O)(=O)N2C(=O)CCc3ccc(NC(=O)c4c(F)cccc4Cl)cc32)c1. The molecule has 4 rings (SSSR count). The number of nitrogens with one attached hydrogen (secondary N) is 1. The topological polar surface area (TPSA) is 86.8 Å². The molecular weight excluding hydrogens is 493 g/mol. The fourth-order valence-corrected chi connectivity index (χ4v) is 5.77. The number of hydrogen-bond donors (Lipinski definition) is 1. The molecule has 1 N–H and O–H groups in total. The molecular formula is C25H23ClFN3O4S. The van der Waals surface area contributed by atoms with E-state index in [0.29, 0.717) is 18.5 Å². The lowest BCUT2D eigenvalue weighted by Crippen LogP contribution is -2.40. The maximum atomic E-state index is 14.2. The third-order valence-electron chi connectivity index (χ3n) is 5.52. The number of aryl methyl sites for hydroxylation is 1. The molecule has 1 heterocycles. The molecule has 0 atom stereocenters. The van der Waals surface area contributed by atoms with Crippen molar-refractivity contribution in [3.63, 3.8) is 0 Å². The maximum absolute atomic E-state index is 14.2. The van der Waals surface area contributed by atoms with Gasteiger partial charge in [-0.25, -0.2) is 17.1 Å². The van der Waals surface area contributed by atoms with Crippen LogP contribution in [0.3, 0.4) is 0 Å². The van der Waals surface area contributed by atoms with Gasteiger partial charge in [0.15, 0.2) is 0 Å². The van der Waals surface area contributed by atoms with Gasteiger partial charge in [0.05, 0.1) is 21.2 Å². The predicted molar refractivity (Wildman–Crippen MR) is 133 cm³/mol. The number of carbonyl (C=O) groups is 2. The Labute approximate surface area is 208 Å². The Kier molecular flexibility index (Phi) is 6.93. The average Bonchev–Trinajstić information content (AvgIpc) is 2.78. The number of amides is 2. The van der Waals surface area contributed by atoms with Gasteiger partial charge in [0.1, 0.15) is 5.82 Å². The van der Waals surface area contributed by atoms with E-state index in [1.807, 2.05) is 25.1 Å². The van der Waals surface area contributed by atoms with Crippen LogP contribution in [0.15, 0.2) is 65.6 Å². The highest BCUT2D eigenvalue weighted by Gasteiger charge is 2.35. The van der Waals surface area contributed by atoms with E-state index in [-0.39, 0.29) is 33.3 Å². The Morgan fingerprint density at radius 1 is 1.09 bits per heavy atom. The highest BCUT2D eigenvalue weighted by atomic mass is 35.5. The summed E-state index contributed by atoms with van der Waals surface area (Å²) in [6, 6.07) is 15.0. The number of nitrogens with zero attached hydrogens (tertiary/aromatic N) is 2. The van der Waals surface area contributed by atoms with Crippen molar-refractivity contribution in [1.82, 2.24) is 4.90 Å². The van der Waals surface area contributed by atoms with E-state index in [2.05, 4.69) is 5.32 Å². The molecule has 0 saturated carbocycles. The normalized spacial score (nSPS) is 13.6. The quantitative estimate of drug-likeness (QED) is 0.523. The lowest BCUT2D eigenvalue weighted by Gasteiger charge is -2.29. The maximum Gasteiger partial charge on any atom is 0.270 e. The highest BCUT2D eigenvalue weighted by molar-refractivity contribution is 7.93. The summed E-state index contributed by atoms with van der Waals surface area (Å²) in [5.41, 5.74) is 1.44. The molecule has 0 radical (unpaired) electrons. The van der Waals surface area contributed by atoms with Gasteiger partial charge in [-0.05, 0) is 68.0 Å². The van der Waals surface area contributed by atoms with Crippen LogP contribution in [-0.2, 0) is 27.8 Å². The Morgan fingerprint density at radius 3 is 2.54 bits per heavy atom. The highest BCUT2D eigenvalue weighted by Crippen LogP contribution is 2.35. The van der Waals surface area contributed by atoms with Crippen molar-refractivity contribution in [2.24, 2.45) is 0 Å². The van der Waals surface area contributed by atoms with Crippen molar-refractivity contribution in [2.45, 2.75) is 24.3 Å². The summed E-state index contributed by atoms with van der Waals surface area (Å²) in [5, 5.41) is 2.49.